The van der Waals surface area contributed by atoms with Gasteiger partial charge in [-0.25, -0.2) is 4.98 Å². The van der Waals surface area contributed by atoms with Crippen LogP contribution in [0.15, 0.2) is 5.38 Å². The Morgan fingerprint density at radius 3 is 2.95 bits per heavy atom. The zero-order chi connectivity index (χ0) is 14.3. The Morgan fingerprint density at radius 1 is 1.63 bits per heavy atom. The van der Waals surface area contributed by atoms with Gasteiger partial charge in [0, 0.05) is 12.0 Å². The third kappa shape index (κ3) is 5.14. The van der Waals surface area contributed by atoms with Crippen molar-refractivity contribution in [3.8, 4) is 0 Å². The Morgan fingerprint density at radius 2 is 2.37 bits per heavy atom. The summed E-state index contributed by atoms with van der Waals surface area (Å²) in [6, 6.07) is 0. The molecular weight excluding hydrogens is 290 g/mol. The van der Waals surface area contributed by atoms with Gasteiger partial charge in [0.25, 0.3) is 5.91 Å². The highest BCUT2D eigenvalue weighted by Crippen LogP contribution is 2.23. The first-order valence-corrected chi connectivity index (χ1v) is 7.22. The quantitative estimate of drug-likeness (QED) is 0.564. The van der Waals surface area contributed by atoms with Crippen molar-refractivity contribution in [3.63, 3.8) is 0 Å². The molecule has 0 fully saturated rings. The fourth-order valence-electron chi connectivity index (χ4n) is 1.28. The lowest BCUT2D eigenvalue weighted by Gasteiger charge is -2.11. The Bertz CT molecular complexity index is 439. The molecule has 1 unspecified atom stereocenters. The van der Waals surface area contributed by atoms with Crippen LogP contribution >= 0.6 is 22.9 Å². The smallest absolute Gasteiger partial charge is 0.252 e. The molecular formula is C11H16ClN3O3S. The number of amides is 2. The minimum atomic E-state index is -0.885. The lowest BCUT2D eigenvalue weighted by atomic mass is 10.2. The van der Waals surface area contributed by atoms with Gasteiger partial charge in [0.15, 0.2) is 11.2 Å². The number of primary amides is 1. The number of ether oxygens (including phenoxy) is 1. The fourth-order valence-corrected chi connectivity index (χ4v) is 2.08. The first kappa shape index (κ1) is 15.9. The molecule has 1 aromatic heterocycles. The number of unbranched alkanes of at least 4 members (excludes halogenated alkanes) is 1. The van der Waals surface area contributed by atoms with Crippen molar-refractivity contribution in [2.24, 2.45) is 5.73 Å². The van der Waals surface area contributed by atoms with Gasteiger partial charge in [0.2, 0.25) is 5.91 Å². The molecule has 0 spiro atoms. The number of alkyl halides is 1. The van der Waals surface area contributed by atoms with E-state index in [2.05, 4.69) is 10.3 Å². The van der Waals surface area contributed by atoms with Gasteiger partial charge >= 0.3 is 0 Å². The van der Waals surface area contributed by atoms with Gasteiger partial charge < -0.3 is 15.8 Å². The van der Waals surface area contributed by atoms with E-state index in [4.69, 9.17) is 22.1 Å². The van der Waals surface area contributed by atoms with Crippen LogP contribution < -0.4 is 11.1 Å². The van der Waals surface area contributed by atoms with Gasteiger partial charge in [-0.3, -0.25) is 9.59 Å². The summed E-state index contributed by atoms with van der Waals surface area (Å²) in [6.45, 7) is 2.45. The summed E-state index contributed by atoms with van der Waals surface area (Å²) in [5.41, 5.74) is 5.68. The molecule has 106 valence electrons. The molecule has 0 aliphatic carbocycles. The Balaban J connectivity index is 2.69. The molecule has 2 amide bonds. The molecule has 8 heteroatoms. The van der Waals surface area contributed by atoms with E-state index < -0.39 is 12.0 Å². The van der Waals surface area contributed by atoms with E-state index in [1.165, 1.54) is 11.3 Å². The normalized spacial score (nSPS) is 12.1. The van der Waals surface area contributed by atoms with Gasteiger partial charge in [-0.05, 0) is 6.42 Å². The van der Waals surface area contributed by atoms with Gasteiger partial charge in [-0.1, -0.05) is 13.3 Å². The first-order chi connectivity index (χ1) is 9.08. The zero-order valence-corrected chi connectivity index (χ0v) is 12.1. The van der Waals surface area contributed by atoms with Gasteiger partial charge in [0.1, 0.15) is 5.88 Å². The van der Waals surface area contributed by atoms with Crippen molar-refractivity contribution in [2.45, 2.75) is 25.9 Å². The molecule has 0 bridgehead atoms. The second kappa shape index (κ2) is 8.08. The Hall–Kier alpha value is -1.18. The number of aromatic nitrogens is 1. The van der Waals surface area contributed by atoms with Crippen molar-refractivity contribution >= 4 is 39.9 Å². The summed E-state index contributed by atoms with van der Waals surface area (Å²) in [6.07, 6.45) is 0.910. The summed E-state index contributed by atoms with van der Waals surface area (Å²) in [5.74, 6) is -1.11. The predicted octanol–water partition coefficient (Wildman–Crippen LogP) is 1.66. The molecule has 0 saturated carbocycles. The Labute approximate surface area is 120 Å². The number of carbonyl (C=O) groups excluding carboxylic acids is 2. The van der Waals surface area contributed by atoms with Crippen molar-refractivity contribution in [1.29, 1.82) is 0 Å². The summed E-state index contributed by atoms with van der Waals surface area (Å²) < 4.78 is 5.41. The number of hydrogen-bond donors (Lipinski definition) is 2. The standard InChI is InChI=1S/C11H16ClN3O3S/c1-2-3-4-18-9(10(13)17)7-6-19-11(14-7)15-8(16)5-12/h6,9H,2-5H2,1H3,(H2,13,17)(H,14,15,16). The number of hydrogen-bond acceptors (Lipinski definition) is 5. The van der Waals surface area contributed by atoms with Gasteiger partial charge in [-0.2, -0.15) is 0 Å². The summed E-state index contributed by atoms with van der Waals surface area (Å²) in [5, 5.41) is 4.50. The zero-order valence-electron chi connectivity index (χ0n) is 10.5. The monoisotopic (exact) mass is 305 g/mol. The largest absolute Gasteiger partial charge is 0.367 e. The van der Waals surface area contributed by atoms with Gasteiger partial charge in [-0.15, -0.1) is 22.9 Å². The average molecular weight is 306 g/mol. The molecule has 1 rings (SSSR count). The number of anilines is 1. The van der Waals surface area contributed by atoms with Crippen molar-refractivity contribution in [1.82, 2.24) is 4.98 Å². The number of rotatable bonds is 8. The third-order valence-corrected chi connectivity index (χ3v) is 3.22. The van der Waals surface area contributed by atoms with E-state index in [0.717, 1.165) is 12.8 Å². The number of carbonyl (C=O) groups is 2. The fraction of sp³-hybridized carbons (Fsp3) is 0.545. The van der Waals surface area contributed by atoms with Crippen molar-refractivity contribution in [3.05, 3.63) is 11.1 Å². The van der Waals surface area contributed by atoms with E-state index in [1.54, 1.807) is 5.38 Å². The van der Waals surface area contributed by atoms with Crippen LogP contribution in [-0.2, 0) is 14.3 Å². The maximum Gasteiger partial charge on any atom is 0.252 e. The van der Waals surface area contributed by atoms with Crippen molar-refractivity contribution in [2.75, 3.05) is 17.8 Å². The molecule has 6 nitrogen and oxygen atoms in total. The van der Waals surface area contributed by atoms with Crippen LogP contribution in [0.25, 0.3) is 0 Å². The highest BCUT2D eigenvalue weighted by atomic mass is 35.5. The van der Waals surface area contributed by atoms with Crippen LogP contribution in [0.1, 0.15) is 31.6 Å². The SMILES string of the molecule is CCCCOC(C(N)=O)c1csc(NC(=O)CCl)n1. The molecule has 0 aromatic carbocycles. The van der Waals surface area contributed by atoms with Crippen LogP contribution in [0.2, 0.25) is 0 Å². The van der Waals surface area contributed by atoms with Crippen LogP contribution in [0.5, 0.6) is 0 Å². The second-order valence-corrected chi connectivity index (χ2v) is 4.89. The van der Waals surface area contributed by atoms with E-state index >= 15 is 0 Å². The molecule has 0 aliphatic rings. The van der Waals surface area contributed by atoms with Crippen LogP contribution in [-0.4, -0.2) is 29.3 Å². The minimum absolute atomic E-state index is 0.152. The molecule has 19 heavy (non-hydrogen) atoms. The number of nitrogens with two attached hydrogens (primary N) is 1. The number of thiazole rings is 1. The maximum absolute atomic E-state index is 11.3. The number of nitrogens with zero attached hydrogens (tertiary/aromatic N) is 1. The van der Waals surface area contributed by atoms with Crippen molar-refractivity contribution < 1.29 is 14.3 Å². The third-order valence-electron chi connectivity index (χ3n) is 2.20. The molecule has 0 radical (unpaired) electrons. The number of halogens is 1. The molecule has 0 saturated heterocycles. The molecule has 1 atom stereocenters. The maximum atomic E-state index is 11.3. The number of nitrogens with one attached hydrogen (secondary N) is 1. The van der Waals surface area contributed by atoms with Crippen LogP contribution in [0, 0.1) is 0 Å². The summed E-state index contributed by atoms with van der Waals surface area (Å²) in [7, 11) is 0. The van der Waals surface area contributed by atoms with E-state index in [9.17, 15) is 9.59 Å². The Kier molecular flexibility index (Phi) is 6.75. The molecule has 1 aromatic rings. The van der Waals surface area contributed by atoms with Crippen LogP contribution in [0.4, 0.5) is 5.13 Å². The van der Waals surface area contributed by atoms with Gasteiger partial charge in [0.05, 0.1) is 5.69 Å². The topological polar surface area (TPSA) is 94.3 Å². The lowest BCUT2D eigenvalue weighted by molar-refractivity contribution is -0.130. The lowest BCUT2D eigenvalue weighted by Crippen LogP contribution is -2.24. The summed E-state index contributed by atoms with van der Waals surface area (Å²) >= 11 is 6.56. The average Bonchev–Trinajstić information content (AvgIpc) is 2.82. The van der Waals surface area contributed by atoms with E-state index in [1.807, 2.05) is 6.92 Å². The predicted molar refractivity (Wildman–Crippen MR) is 74.3 cm³/mol. The highest BCUT2D eigenvalue weighted by molar-refractivity contribution is 7.14. The first-order valence-electron chi connectivity index (χ1n) is 5.80. The summed E-state index contributed by atoms with van der Waals surface area (Å²) in [4.78, 5) is 26.5. The minimum Gasteiger partial charge on any atom is -0.367 e. The highest BCUT2D eigenvalue weighted by Gasteiger charge is 2.21. The second-order valence-electron chi connectivity index (χ2n) is 3.77. The van der Waals surface area contributed by atoms with E-state index in [0.29, 0.717) is 17.4 Å². The molecule has 1 heterocycles. The van der Waals surface area contributed by atoms with Crippen LogP contribution in [0.3, 0.4) is 0 Å². The van der Waals surface area contributed by atoms with E-state index in [-0.39, 0.29) is 11.8 Å². The molecule has 0 aliphatic heterocycles. The molecule has 3 N–H and O–H groups in total.